The molecule has 2 aromatic rings. The van der Waals surface area contributed by atoms with Crippen molar-refractivity contribution in [3.8, 4) is 0 Å². The molecular formula is C14H12F2N4O2. The van der Waals surface area contributed by atoms with Gasteiger partial charge in [-0.2, -0.15) is 0 Å². The van der Waals surface area contributed by atoms with E-state index >= 15 is 0 Å². The van der Waals surface area contributed by atoms with Crippen molar-refractivity contribution in [3.63, 3.8) is 0 Å². The Morgan fingerprint density at radius 2 is 2.05 bits per heavy atom. The summed E-state index contributed by atoms with van der Waals surface area (Å²) in [7, 11) is 0. The first kappa shape index (κ1) is 14.3. The predicted molar refractivity (Wildman–Crippen MR) is 72.2 cm³/mol. The number of aromatic amines is 1. The molecule has 2 N–H and O–H groups in total. The Labute approximate surface area is 123 Å². The highest BCUT2D eigenvalue weighted by Crippen LogP contribution is 2.35. The van der Waals surface area contributed by atoms with Crippen molar-refractivity contribution < 1.29 is 13.6 Å². The van der Waals surface area contributed by atoms with Crippen molar-refractivity contribution in [1.29, 1.82) is 0 Å². The number of nitrogens with zero attached hydrogens (tertiary/aromatic N) is 2. The molecule has 0 unspecified atom stereocenters. The molecule has 2 heterocycles. The first-order valence-corrected chi connectivity index (χ1v) is 6.69. The van der Waals surface area contributed by atoms with Gasteiger partial charge in [-0.3, -0.25) is 9.59 Å². The Morgan fingerprint density at radius 1 is 1.27 bits per heavy atom. The summed E-state index contributed by atoms with van der Waals surface area (Å²) in [5.41, 5.74) is 0.00883. The SMILES string of the molecule is O=C(NC1CC(c2cc(=O)[nH]cn2)C1)c1ncc(F)cc1F. The van der Waals surface area contributed by atoms with Gasteiger partial charge in [-0.25, -0.2) is 18.7 Å². The molecule has 0 aromatic carbocycles. The molecule has 0 atom stereocenters. The Balaban J connectivity index is 1.60. The molecule has 1 aliphatic carbocycles. The summed E-state index contributed by atoms with van der Waals surface area (Å²) in [5, 5.41) is 2.63. The number of hydrogen-bond donors (Lipinski definition) is 2. The van der Waals surface area contributed by atoms with Crippen LogP contribution in [-0.2, 0) is 0 Å². The molecule has 0 bridgehead atoms. The van der Waals surface area contributed by atoms with Crippen LogP contribution < -0.4 is 10.9 Å². The van der Waals surface area contributed by atoms with Crippen LogP contribution in [0.25, 0.3) is 0 Å². The van der Waals surface area contributed by atoms with Crippen LogP contribution in [0.1, 0.15) is 34.9 Å². The second-order valence-corrected chi connectivity index (χ2v) is 5.16. The van der Waals surface area contributed by atoms with Crippen molar-refractivity contribution in [3.05, 3.63) is 58.0 Å². The quantitative estimate of drug-likeness (QED) is 0.889. The average Bonchev–Trinajstić information content (AvgIpc) is 2.42. The van der Waals surface area contributed by atoms with Gasteiger partial charge in [0, 0.05) is 24.1 Å². The van der Waals surface area contributed by atoms with Gasteiger partial charge >= 0.3 is 0 Å². The third-order valence-electron chi connectivity index (χ3n) is 3.61. The van der Waals surface area contributed by atoms with E-state index in [1.54, 1.807) is 0 Å². The number of hydrogen-bond acceptors (Lipinski definition) is 4. The Bertz CT molecular complexity index is 771. The Hall–Kier alpha value is -2.64. The topological polar surface area (TPSA) is 87.7 Å². The lowest BCUT2D eigenvalue weighted by Gasteiger charge is -2.35. The predicted octanol–water partition coefficient (Wildman–Crippen LogP) is 1.12. The number of halogens is 2. The minimum Gasteiger partial charge on any atom is -0.348 e. The zero-order valence-electron chi connectivity index (χ0n) is 11.3. The molecule has 1 amide bonds. The second kappa shape index (κ2) is 5.63. The number of aromatic nitrogens is 3. The number of rotatable bonds is 3. The van der Waals surface area contributed by atoms with Gasteiger partial charge in [-0.05, 0) is 12.8 Å². The van der Waals surface area contributed by atoms with E-state index in [0.717, 1.165) is 6.20 Å². The van der Waals surface area contributed by atoms with Crippen LogP contribution in [0.4, 0.5) is 8.78 Å². The van der Waals surface area contributed by atoms with Crippen molar-refractivity contribution in [2.45, 2.75) is 24.8 Å². The van der Waals surface area contributed by atoms with Crippen molar-refractivity contribution in [1.82, 2.24) is 20.3 Å². The molecule has 0 spiro atoms. The van der Waals surface area contributed by atoms with E-state index in [2.05, 4.69) is 20.3 Å². The van der Waals surface area contributed by atoms with Gasteiger partial charge in [-0.1, -0.05) is 0 Å². The highest BCUT2D eigenvalue weighted by molar-refractivity contribution is 5.92. The molecular weight excluding hydrogens is 294 g/mol. The smallest absolute Gasteiger partial charge is 0.273 e. The summed E-state index contributed by atoms with van der Waals surface area (Å²) >= 11 is 0. The second-order valence-electron chi connectivity index (χ2n) is 5.16. The fraction of sp³-hybridized carbons (Fsp3) is 0.286. The average molecular weight is 306 g/mol. The molecule has 3 rings (SSSR count). The van der Waals surface area contributed by atoms with Gasteiger partial charge in [0.1, 0.15) is 5.82 Å². The van der Waals surface area contributed by atoms with Gasteiger partial charge in [0.25, 0.3) is 11.5 Å². The molecule has 2 aromatic heterocycles. The maximum absolute atomic E-state index is 13.4. The molecule has 0 radical (unpaired) electrons. The summed E-state index contributed by atoms with van der Waals surface area (Å²) in [6, 6.07) is 1.89. The van der Waals surface area contributed by atoms with E-state index in [1.807, 2.05) is 0 Å². The molecule has 0 saturated heterocycles. The lowest BCUT2D eigenvalue weighted by molar-refractivity contribution is 0.0898. The molecule has 0 aliphatic heterocycles. The zero-order chi connectivity index (χ0) is 15.7. The Morgan fingerprint density at radius 3 is 2.73 bits per heavy atom. The van der Waals surface area contributed by atoms with E-state index < -0.39 is 23.2 Å². The molecule has 114 valence electrons. The maximum Gasteiger partial charge on any atom is 0.273 e. The maximum atomic E-state index is 13.4. The standard InChI is InChI=1S/C14H12F2N4O2/c15-8-3-10(16)13(17-5-8)14(22)20-9-1-7(2-9)11-4-12(21)19-6-18-11/h3-7,9H,1-2H2,(H,20,22)(H,18,19,21). The van der Waals surface area contributed by atoms with E-state index in [9.17, 15) is 18.4 Å². The largest absolute Gasteiger partial charge is 0.348 e. The van der Waals surface area contributed by atoms with Crippen LogP contribution in [0, 0.1) is 11.6 Å². The number of carbonyl (C=O) groups excluding carboxylic acids is 1. The van der Waals surface area contributed by atoms with Crippen LogP contribution >= 0.6 is 0 Å². The lowest BCUT2D eigenvalue weighted by atomic mass is 9.78. The fourth-order valence-corrected chi connectivity index (χ4v) is 2.42. The van der Waals surface area contributed by atoms with E-state index in [1.165, 1.54) is 12.4 Å². The first-order valence-electron chi connectivity index (χ1n) is 6.69. The van der Waals surface area contributed by atoms with Crippen LogP contribution in [0.15, 0.2) is 29.5 Å². The fourth-order valence-electron chi connectivity index (χ4n) is 2.42. The minimum atomic E-state index is -0.996. The molecule has 1 aliphatic rings. The third kappa shape index (κ3) is 2.85. The van der Waals surface area contributed by atoms with Gasteiger partial charge < -0.3 is 10.3 Å². The summed E-state index contributed by atoms with van der Waals surface area (Å²) in [6.45, 7) is 0. The molecule has 1 saturated carbocycles. The van der Waals surface area contributed by atoms with E-state index in [0.29, 0.717) is 24.6 Å². The summed E-state index contributed by atoms with van der Waals surface area (Å²) in [4.78, 5) is 33.0. The lowest BCUT2D eigenvalue weighted by Crippen LogP contribution is -2.44. The van der Waals surface area contributed by atoms with Crippen molar-refractivity contribution in [2.24, 2.45) is 0 Å². The highest BCUT2D eigenvalue weighted by Gasteiger charge is 2.33. The molecule has 6 nitrogen and oxygen atoms in total. The summed E-state index contributed by atoms with van der Waals surface area (Å²) in [6.07, 6.45) is 3.33. The normalized spacial score (nSPS) is 20.3. The van der Waals surface area contributed by atoms with E-state index in [-0.39, 0.29) is 17.5 Å². The third-order valence-corrected chi connectivity index (χ3v) is 3.61. The van der Waals surface area contributed by atoms with Crippen molar-refractivity contribution >= 4 is 5.91 Å². The van der Waals surface area contributed by atoms with Crippen LogP contribution in [0.3, 0.4) is 0 Å². The summed E-state index contributed by atoms with van der Waals surface area (Å²) in [5.74, 6) is -2.43. The van der Waals surface area contributed by atoms with Crippen LogP contribution in [-0.4, -0.2) is 26.9 Å². The van der Waals surface area contributed by atoms with Crippen LogP contribution in [0.2, 0.25) is 0 Å². The monoisotopic (exact) mass is 306 g/mol. The number of carbonyl (C=O) groups is 1. The zero-order valence-corrected chi connectivity index (χ0v) is 11.3. The van der Waals surface area contributed by atoms with Gasteiger partial charge in [0.2, 0.25) is 0 Å². The number of nitrogens with one attached hydrogen (secondary N) is 2. The van der Waals surface area contributed by atoms with E-state index in [4.69, 9.17) is 0 Å². The van der Waals surface area contributed by atoms with Crippen LogP contribution in [0.5, 0.6) is 0 Å². The first-order chi connectivity index (χ1) is 10.5. The number of pyridine rings is 1. The number of H-pyrrole nitrogens is 1. The molecule has 22 heavy (non-hydrogen) atoms. The Kier molecular flexibility index (Phi) is 3.66. The highest BCUT2D eigenvalue weighted by atomic mass is 19.1. The minimum absolute atomic E-state index is 0.0821. The number of amides is 1. The van der Waals surface area contributed by atoms with Gasteiger partial charge in [0.05, 0.1) is 18.2 Å². The molecule has 8 heteroatoms. The summed E-state index contributed by atoms with van der Waals surface area (Å²) < 4.78 is 26.2. The molecule has 1 fully saturated rings. The van der Waals surface area contributed by atoms with Gasteiger partial charge in [-0.15, -0.1) is 0 Å². The van der Waals surface area contributed by atoms with Gasteiger partial charge in [0.15, 0.2) is 11.5 Å². The van der Waals surface area contributed by atoms with Crippen molar-refractivity contribution in [2.75, 3.05) is 0 Å².